The SMILES string of the molecule is CC(C)(C)CC(=O)N[C@@H]1CCCC[C@H]1NC(=O)c1csc(COc2ccccc2)n1. The lowest BCUT2D eigenvalue weighted by molar-refractivity contribution is -0.123. The fraction of sp³-hybridized carbons (Fsp3) is 0.522. The standard InChI is InChI=1S/C23H31N3O3S/c1-23(2,3)13-20(27)24-17-11-7-8-12-18(17)26-22(28)19-15-30-21(25-19)14-29-16-9-5-4-6-10-16/h4-6,9-10,15,17-18H,7-8,11-14H2,1-3H3,(H,24,27)(H,26,28)/t17-,18-/m1/s1. The fourth-order valence-electron chi connectivity index (χ4n) is 3.60. The number of aromatic nitrogens is 1. The summed E-state index contributed by atoms with van der Waals surface area (Å²) in [6.07, 6.45) is 4.32. The van der Waals surface area contributed by atoms with Crippen molar-refractivity contribution in [3.63, 3.8) is 0 Å². The summed E-state index contributed by atoms with van der Waals surface area (Å²) < 4.78 is 5.70. The first-order valence-electron chi connectivity index (χ1n) is 10.5. The van der Waals surface area contributed by atoms with Crippen LogP contribution in [0.1, 0.15) is 68.4 Å². The van der Waals surface area contributed by atoms with Crippen LogP contribution >= 0.6 is 11.3 Å². The van der Waals surface area contributed by atoms with Crippen LogP contribution in [0.5, 0.6) is 5.75 Å². The van der Waals surface area contributed by atoms with Crippen molar-refractivity contribution in [3.05, 3.63) is 46.4 Å². The third-order valence-electron chi connectivity index (χ3n) is 5.01. The Morgan fingerprint density at radius 1 is 1.10 bits per heavy atom. The average Bonchev–Trinajstić information content (AvgIpc) is 3.16. The number of benzene rings is 1. The summed E-state index contributed by atoms with van der Waals surface area (Å²) in [5, 5.41) is 8.74. The maximum atomic E-state index is 12.7. The Balaban J connectivity index is 1.54. The molecule has 162 valence electrons. The third kappa shape index (κ3) is 6.83. The normalized spacial score (nSPS) is 19.2. The minimum atomic E-state index is -0.195. The summed E-state index contributed by atoms with van der Waals surface area (Å²) in [7, 11) is 0. The Bertz CT molecular complexity index is 845. The zero-order valence-corrected chi connectivity index (χ0v) is 18.8. The predicted octanol–water partition coefficient (Wildman–Crippen LogP) is 4.32. The monoisotopic (exact) mass is 429 g/mol. The molecule has 1 aromatic heterocycles. The second-order valence-corrected chi connectivity index (χ2v) is 9.95. The van der Waals surface area contributed by atoms with Crippen LogP contribution in [0.3, 0.4) is 0 Å². The van der Waals surface area contributed by atoms with E-state index in [4.69, 9.17) is 4.74 Å². The number of ether oxygens (including phenoxy) is 1. The molecule has 1 saturated carbocycles. The fourth-order valence-corrected chi connectivity index (χ4v) is 4.29. The number of para-hydroxylation sites is 1. The number of nitrogens with one attached hydrogen (secondary N) is 2. The molecule has 7 heteroatoms. The van der Waals surface area contributed by atoms with Crippen LogP contribution in [0.4, 0.5) is 0 Å². The molecule has 6 nitrogen and oxygen atoms in total. The molecule has 2 amide bonds. The highest BCUT2D eigenvalue weighted by Gasteiger charge is 2.29. The topological polar surface area (TPSA) is 80.3 Å². The van der Waals surface area contributed by atoms with Crippen LogP contribution in [-0.4, -0.2) is 28.9 Å². The molecule has 2 atom stereocenters. The van der Waals surface area contributed by atoms with E-state index in [2.05, 4.69) is 15.6 Å². The number of carbonyl (C=O) groups excluding carboxylic acids is 2. The van der Waals surface area contributed by atoms with E-state index in [0.717, 1.165) is 36.4 Å². The van der Waals surface area contributed by atoms with Crippen molar-refractivity contribution in [1.82, 2.24) is 15.6 Å². The minimum absolute atomic E-state index is 0.0305. The highest BCUT2D eigenvalue weighted by molar-refractivity contribution is 7.09. The van der Waals surface area contributed by atoms with Gasteiger partial charge in [0.05, 0.1) is 0 Å². The average molecular weight is 430 g/mol. The largest absolute Gasteiger partial charge is 0.486 e. The molecule has 0 aliphatic heterocycles. The van der Waals surface area contributed by atoms with Gasteiger partial charge in [0.25, 0.3) is 5.91 Å². The molecule has 0 bridgehead atoms. The van der Waals surface area contributed by atoms with Gasteiger partial charge >= 0.3 is 0 Å². The summed E-state index contributed by atoms with van der Waals surface area (Å²) in [4.78, 5) is 29.5. The Morgan fingerprint density at radius 3 is 2.43 bits per heavy atom. The first-order valence-corrected chi connectivity index (χ1v) is 11.4. The molecule has 1 aliphatic rings. The molecular weight excluding hydrogens is 398 g/mol. The molecule has 0 radical (unpaired) electrons. The van der Waals surface area contributed by atoms with E-state index < -0.39 is 0 Å². The molecule has 30 heavy (non-hydrogen) atoms. The summed E-state index contributed by atoms with van der Waals surface area (Å²) >= 11 is 1.41. The van der Waals surface area contributed by atoms with Crippen molar-refractivity contribution < 1.29 is 14.3 Å². The van der Waals surface area contributed by atoms with Gasteiger partial charge in [0, 0.05) is 23.9 Å². The maximum absolute atomic E-state index is 12.7. The summed E-state index contributed by atoms with van der Waals surface area (Å²) in [6.45, 7) is 6.48. The third-order valence-corrected chi connectivity index (χ3v) is 5.83. The Kier molecular flexibility index (Phi) is 7.48. The summed E-state index contributed by atoms with van der Waals surface area (Å²) in [5.41, 5.74) is 0.341. The smallest absolute Gasteiger partial charge is 0.271 e. The first kappa shape index (κ1) is 22.3. The highest BCUT2D eigenvalue weighted by atomic mass is 32.1. The second kappa shape index (κ2) is 10.1. The molecule has 1 aliphatic carbocycles. The summed E-state index contributed by atoms with van der Waals surface area (Å²) in [6, 6.07) is 9.44. The van der Waals surface area contributed by atoms with Crippen molar-refractivity contribution in [2.75, 3.05) is 0 Å². The molecule has 1 heterocycles. The van der Waals surface area contributed by atoms with Crippen LogP contribution in [0.25, 0.3) is 0 Å². The number of nitrogens with zero attached hydrogens (tertiary/aromatic N) is 1. The van der Waals surface area contributed by atoms with Crippen molar-refractivity contribution in [2.24, 2.45) is 5.41 Å². The molecular formula is C23H31N3O3S. The lowest BCUT2D eigenvalue weighted by atomic mass is 9.88. The molecule has 2 N–H and O–H groups in total. The van der Waals surface area contributed by atoms with Crippen LogP contribution in [0, 0.1) is 5.41 Å². The van der Waals surface area contributed by atoms with Gasteiger partial charge in [-0.3, -0.25) is 9.59 Å². The van der Waals surface area contributed by atoms with Crippen LogP contribution in [0.2, 0.25) is 0 Å². The maximum Gasteiger partial charge on any atom is 0.271 e. The van der Waals surface area contributed by atoms with E-state index in [-0.39, 0.29) is 29.3 Å². The van der Waals surface area contributed by atoms with Gasteiger partial charge in [-0.2, -0.15) is 0 Å². The zero-order chi connectivity index (χ0) is 21.6. The van der Waals surface area contributed by atoms with Crippen molar-refractivity contribution in [1.29, 1.82) is 0 Å². The van der Waals surface area contributed by atoms with Gasteiger partial charge < -0.3 is 15.4 Å². The lowest BCUT2D eigenvalue weighted by Gasteiger charge is -2.33. The molecule has 0 spiro atoms. The van der Waals surface area contributed by atoms with E-state index in [1.54, 1.807) is 5.38 Å². The van der Waals surface area contributed by atoms with Crippen LogP contribution < -0.4 is 15.4 Å². The van der Waals surface area contributed by atoms with E-state index >= 15 is 0 Å². The van der Waals surface area contributed by atoms with Crippen molar-refractivity contribution in [3.8, 4) is 5.75 Å². The van der Waals surface area contributed by atoms with Crippen molar-refractivity contribution >= 4 is 23.2 Å². The number of hydrogen-bond acceptors (Lipinski definition) is 5. The Labute approximate surface area is 182 Å². The van der Waals surface area contributed by atoms with E-state index in [0.29, 0.717) is 18.7 Å². The molecule has 1 aromatic carbocycles. The molecule has 3 rings (SSSR count). The second-order valence-electron chi connectivity index (χ2n) is 9.00. The quantitative estimate of drug-likeness (QED) is 0.687. The van der Waals surface area contributed by atoms with Gasteiger partial charge in [0.1, 0.15) is 23.1 Å². The molecule has 2 aromatic rings. The number of amides is 2. The minimum Gasteiger partial charge on any atom is -0.486 e. The van der Waals surface area contributed by atoms with Crippen LogP contribution in [0.15, 0.2) is 35.7 Å². The lowest BCUT2D eigenvalue weighted by Crippen LogP contribution is -2.53. The number of rotatable bonds is 7. The van der Waals surface area contributed by atoms with Gasteiger partial charge in [0.2, 0.25) is 5.91 Å². The van der Waals surface area contributed by atoms with E-state index in [1.165, 1.54) is 11.3 Å². The van der Waals surface area contributed by atoms with Gasteiger partial charge in [-0.1, -0.05) is 51.8 Å². The van der Waals surface area contributed by atoms with Gasteiger partial charge in [-0.05, 0) is 30.4 Å². The molecule has 0 unspecified atom stereocenters. The summed E-state index contributed by atoms with van der Waals surface area (Å²) in [5.74, 6) is 0.622. The zero-order valence-electron chi connectivity index (χ0n) is 17.9. The Hall–Kier alpha value is -2.41. The van der Waals surface area contributed by atoms with E-state index in [9.17, 15) is 9.59 Å². The van der Waals surface area contributed by atoms with Crippen molar-refractivity contribution in [2.45, 2.75) is 71.6 Å². The number of thiazole rings is 1. The van der Waals surface area contributed by atoms with Gasteiger partial charge in [-0.15, -0.1) is 11.3 Å². The van der Waals surface area contributed by atoms with E-state index in [1.807, 2.05) is 51.1 Å². The van der Waals surface area contributed by atoms with Gasteiger partial charge in [-0.25, -0.2) is 4.98 Å². The number of hydrogen-bond donors (Lipinski definition) is 2. The van der Waals surface area contributed by atoms with Gasteiger partial charge in [0.15, 0.2) is 0 Å². The number of carbonyl (C=O) groups is 2. The van der Waals surface area contributed by atoms with Crippen LogP contribution in [-0.2, 0) is 11.4 Å². The molecule has 0 saturated heterocycles. The first-order chi connectivity index (χ1) is 14.3. The molecule has 1 fully saturated rings. The Morgan fingerprint density at radius 2 is 1.77 bits per heavy atom. The highest BCUT2D eigenvalue weighted by Crippen LogP contribution is 2.22. The predicted molar refractivity (Wildman–Crippen MR) is 119 cm³/mol.